The highest BCUT2D eigenvalue weighted by Crippen LogP contribution is 2.39. The van der Waals surface area contributed by atoms with E-state index in [1.165, 1.54) is 32.1 Å². The maximum absolute atomic E-state index is 13.0. The topological polar surface area (TPSA) is 112 Å². The number of rotatable bonds is 8. The first kappa shape index (κ1) is 22.2. The molecule has 0 radical (unpaired) electrons. The number of methoxy groups -OCH3 is 3. The number of hydrogen-bond donors (Lipinski definition) is 1. The van der Waals surface area contributed by atoms with Crippen molar-refractivity contribution in [3.8, 4) is 23.3 Å². The van der Waals surface area contributed by atoms with Crippen LogP contribution in [-0.2, 0) is 9.53 Å². The van der Waals surface area contributed by atoms with Gasteiger partial charge in [0, 0.05) is 30.1 Å². The fourth-order valence-corrected chi connectivity index (χ4v) is 4.11. The largest absolute Gasteiger partial charge is 0.493 e. The van der Waals surface area contributed by atoms with Gasteiger partial charge in [-0.3, -0.25) is 9.36 Å². The van der Waals surface area contributed by atoms with Crippen molar-refractivity contribution in [3.05, 3.63) is 31.7 Å². The zero-order chi connectivity index (χ0) is 22.5. The molecule has 31 heavy (non-hydrogen) atoms. The van der Waals surface area contributed by atoms with Gasteiger partial charge in [0.25, 0.3) is 5.56 Å². The molecule has 0 saturated heterocycles. The highest BCUT2D eigenvalue weighted by molar-refractivity contribution is 7.07. The Morgan fingerprint density at radius 2 is 1.90 bits per heavy atom. The summed E-state index contributed by atoms with van der Waals surface area (Å²) in [7, 11) is 4.54. The molecule has 0 unspecified atom stereocenters. The van der Waals surface area contributed by atoms with Crippen molar-refractivity contribution in [1.29, 1.82) is 5.26 Å². The molecule has 164 valence electrons. The van der Waals surface area contributed by atoms with Crippen molar-refractivity contribution in [3.63, 3.8) is 0 Å². The Morgan fingerprint density at radius 1 is 1.26 bits per heavy atom. The lowest BCUT2D eigenvalue weighted by atomic mass is 10.2. The predicted octanol–water partition coefficient (Wildman–Crippen LogP) is 1.36. The van der Waals surface area contributed by atoms with Crippen LogP contribution in [0.15, 0.2) is 16.9 Å². The standard InChI is InChI=1S/C21H23N3O6S/c1-5-30-21(26)14(10-22)20-24(13-6-7-13)19(25)17(31-20)11-23-12-8-15(27-2)18(29-4)16(9-12)28-3/h8-9,11,13,23H,5-7H2,1-4H3. The number of nitrogens with zero attached hydrogens (tertiary/aromatic N) is 2. The summed E-state index contributed by atoms with van der Waals surface area (Å²) >= 11 is 1.07. The molecule has 0 amide bonds. The second-order valence-corrected chi connectivity index (χ2v) is 7.62. The van der Waals surface area contributed by atoms with E-state index in [0.29, 0.717) is 32.1 Å². The molecule has 0 atom stereocenters. The highest BCUT2D eigenvalue weighted by Gasteiger charge is 2.29. The zero-order valence-corrected chi connectivity index (χ0v) is 18.5. The number of nitriles is 1. The molecule has 1 N–H and O–H groups in total. The highest BCUT2D eigenvalue weighted by atomic mass is 32.1. The van der Waals surface area contributed by atoms with Crippen LogP contribution in [0.1, 0.15) is 25.8 Å². The van der Waals surface area contributed by atoms with E-state index in [-0.39, 0.29) is 23.8 Å². The van der Waals surface area contributed by atoms with Crippen molar-refractivity contribution in [2.75, 3.05) is 33.3 Å². The second kappa shape index (κ2) is 9.57. The van der Waals surface area contributed by atoms with Gasteiger partial charge in [-0.25, -0.2) is 4.79 Å². The van der Waals surface area contributed by atoms with Crippen LogP contribution < -0.4 is 34.3 Å². The molecular formula is C21H23N3O6S. The summed E-state index contributed by atoms with van der Waals surface area (Å²) < 4.78 is 23.2. The fraction of sp³-hybridized carbons (Fsp3) is 0.381. The van der Waals surface area contributed by atoms with Crippen LogP contribution in [0.25, 0.3) is 11.8 Å². The van der Waals surface area contributed by atoms with Crippen molar-refractivity contribution in [2.24, 2.45) is 0 Å². The lowest BCUT2D eigenvalue weighted by molar-refractivity contribution is -0.136. The van der Waals surface area contributed by atoms with E-state index in [4.69, 9.17) is 18.9 Å². The summed E-state index contributed by atoms with van der Waals surface area (Å²) in [5.41, 5.74) is 0.180. The molecule has 9 nitrogen and oxygen atoms in total. The van der Waals surface area contributed by atoms with E-state index >= 15 is 0 Å². The molecule has 1 aromatic heterocycles. The van der Waals surface area contributed by atoms with E-state index in [9.17, 15) is 14.9 Å². The number of esters is 1. The number of ether oxygens (including phenoxy) is 4. The Hall–Kier alpha value is -3.45. The molecule has 1 fully saturated rings. The third-order valence-corrected chi connectivity index (χ3v) is 5.71. The maximum Gasteiger partial charge on any atom is 0.351 e. The molecule has 1 aliphatic rings. The fourth-order valence-electron chi connectivity index (χ4n) is 3.03. The molecule has 2 aromatic rings. The van der Waals surface area contributed by atoms with Gasteiger partial charge in [-0.15, -0.1) is 11.3 Å². The van der Waals surface area contributed by atoms with Crippen LogP contribution in [0.3, 0.4) is 0 Å². The van der Waals surface area contributed by atoms with Gasteiger partial charge >= 0.3 is 5.97 Å². The second-order valence-electron chi connectivity index (χ2n) is 6.59. The smallest absolute Gasteiger partial charge is 0.351 e. The van der Waals surface area contributed by atoms with Crippen LogP contribution in [0.2, 0.25) is 0 Å². The molecule has 0 aliphatic heterocycles. The van der Waals surface area contributed by atoms with Crippen molar-refractivity contribution in [2.45, 2.75) is 25.8 Å². The monoisotopic (exact) mass is 445 g/mol. The lowest BCUT2D eigenvalue weighted by Crippen LogP contribution is -2.32. The van der Waals surface area contributed by atoms with Gasteiger partial charge in [0.15, 0.2) is 17.1 Å². The van der Waals surface area contributed by atoms with Gasteiger partial charge in [0.2, 0.25) is 5.75 Å². The number of thiazole rings is 1. The predicted molar refractivity (Wildman–Crippen MR) is 116 cm³/mol. The molecule has 10 heteroatoms. The Bertz CT molecular complexity index is 1180. The van der Waals surface area contributed by atoms with Crippen LogP contribution >= 0.6 is 11.3 Å². The Labute approximate surface area is 182 Å². The quantitative estimate of drug-likeness (QED) is 0.606. The molecule has 3 rings (SSSR count). The number of hydrogen-bond acceptors (Lipinski definition) is 9. The molecule has 0 spiro atoms. The summed E-state index contributed by atoms with van der Waals surface area (Å²) in [5, 5.41) is 12.6. The molecule has 1 aromatic carbocycles. The summed E-state index contributed by atoms with van der Waals surface area (Å²) in [5.74, 6) is 0.641. The van der Waals surface area contributed by atoms with Crippen LogP contribution in [-0.4, -0.2) is 38.5 Å². The van der Waals surface area contributed by atoms with Gasteiger partial charge in [-0.1, -0.05) is 0 Å². The first-order chi connectivity index (χ1) is 15.0. The SMILES string of the molecule is CCOC(=O)C(C#N)=c1sc(=CNc2cc(OC)c(OC)c(OC)c2)c(=O)n1C1CC1. The van der Waals surface area contributed by atoms with Crippen molar-refractivity contribution >= 4 is 34.8 Å². The average molecular weight is 445 g/mol. The molecule has 1 saturated carbocycles. The van der Waals surface area contributed by atoms with E-state index in [0.717, 1.165) is 24.2 Å². The Kier molecular flexibility index (Phi) is 6.87. The summed E-state index contributed by atoms with van der Waals surface area (Å²) in [6, 6.07) is 5.29. The molecule has 1 aliphatic carbocycles. The normalized spacial score (nSPS) is 14.5. The van der Waals surface area contributed by atoms with E-state index < -0.39 is 5.97 Å². The lowest BCUT2D eigenvalue weighted by Gasteiger charge is -2.13. The van der Waals surface area contributed by atoms with Gasteiger partial charge in [0.05, 0.1) is 27.9 Å². The molecule has 1 heterocycles. The number of benzene rings is 1. The number of carbonyl (C=O) groups is 1. The minimum absolute atomic E-state index is 0.0140. The van der Waals surface area contributed by atoms with Crippen LogP contribution in [0.5, 0.6) is 17.2 Å². The van der Waals surface area contributed by atoms with Gasteiger partial charge in [-0.05, 0) is 19.8 Å². The van der Waals surface area contributed by atoms with Crippen LogP contribution in [0.4, 0.5) is 5.69 Å². The van der Waals surface area contributed by atoms with Gasteiger partial charge < -0.3 is 24.3 Å². The van der Waals surface area contributed by atoms with Gasteiger partial charge in [0.1, 0.15) is 15.3 Å². The Morgan fingerprint density at radius 3 is 2.39 bits per heavy atom. The number of carbonyl (C=O) groups excluding carboxylic acids is 1. The van der Waals surface area contributed by atoms with Gasteiger partial charge in [-0.2, -0.15) is 5.26 Å². The third kappa shape index (κ3) is 4.51. The number of anilines is 1. The zero-order valence-electron chi connectivity index (χ0n) is 17.7. The number of nitrogens with one attached hydrogen (secondary N) is 1. The summed E-state index contributed by atoms with van der Waals surface area (Å²) in [4.78, 5) is 25.2. The van der Waals surface area contributed by atoms with Crippen molar-refractivity contribution < 1.29 is 23.7 Å². The maximum atomic E-state index is 13.0. The minimum Gasteiger partial charge on any atom is -0.493 e. The molecule has 0 bridgehead atoms. The Balaban J connectivity index is 2.10. The van der Waals surface area contributed by atoms with E-state index in [1.807, 2.05) is 6.07 Å². The first-order valence-corrected chi connectivity index (χ1v) is 10.4. The third-order valence-electron chi connectivity index (χ3n) is 4.61. The minimum atomic E-state index is -0.732. The number of aromatic nitrogens is 1. The summed E-state index contributed by atoms with van der Waals surface area (Å²) in [6.07, 6.45) is 3.19. The van der Waals surface area contributed by atoms with E-state index in [1.54, 1.807) is 19.1 Å². The molecular weight excluding hydrogens is 422 g/mol. The summed E-state index contributed by atoms with van der Waals surface area (Å²) in [6.45, 7) is 1.81. The average Bonchev–Trinajstić information content (AvgIpc) is 3.56. The first-order valence-electron chi connectivity index (χ1n) is 9.58. The van der Waals surface area contributed by atoms with E-state index in [2.05, 4.69) is 5.32 Å². The van der Waals surface area contributed by atoms with Crippen molar-refractivity contribution in [1.82, 2.24) is 4.57 Å². The van der Waals surface area contributed by atoms with Crippen LogP contribution in [0, 0.1) is 11.3 Å².